The molecule has 0 radical (unpaired) electrons. The van der Waals surface area contributed by atoms with Gasteiger partial charge in [-0.3, -0.25) is 0 Å². The van der Waals surface area contributed by atoms with Crippen LogP contribution in [0.4, 0.5) is 9.18 Å². The van der Waals surface area contributed by atoms with Gasteiger partial charge in [-0.15, -0.1) is 0 Å². The molecule has 31 heavy (non-hydrogen) atoms. The summed E-state index contributed by atoms with van der Waals surface area (Å²) in [5, 5.41) is 7.68. The summed E-state index contributed by atoms with van der Waals surface area (Å²) < 4.78 is 21.5. The first-order valence-corrected chi connectivity index (χ1v) is 10.9. The second-order valence-electron chi connectivity index (χ2n) is 7.53. The van der Waals surface area contributed by atoms with Gasteiger partial charge in [-0.2, -0.15) is 0 Å². The third-order valence-corrected chi connectivity index (χ3v) is 5.75. The van der Waals surface area contributed by atoms with E-state index in [0.717, 1.165) is 29.7 Å². The van der Waals surface area contributed by atoms with Crippen molar-refractivity contribution in [3.05, 3.63) is 59.5 Å². The van der Waals surface area contributed by atoms with Gasteiger partial charge in [-0.1, -0.05) is 18.5 Å². The van der Waals surface area contributed by atoms with Gasteiger partial charge in [0.1, 0.15) is 11.6 Å². The Morgan fingerprint density at radius 3 is 2.84 bits per heavy atom. The van der Waals surface area contributed by atoms with Crippen LogP contribution in [0.2, 0.25) is 5.02 Å². The lowest BCUT2D eigenvalue weighted by Gasteiger charge is -2.23. The molecule has 1 unspecified atom stereocenters. The van der Waals surface area contributed by atoms with E-state index in [4.69, 9.17) is 16.3 Å². The van der Waals surface area contributed by atoms with E-state index >= 15 is 0 Å². The molecule has 1 fully saturated rings. The van der Waals surface area contributed by atoms with Crippen molar-refractivity contribution in [3.63, 3.8) is 0 Å². The number of aromatic nitrogens is 1. The molecule has 2 amide bonds. The van der Waals surface area contributed by atoms with Gasteiger partial charge >= 0.3 is 6.03 Å². The van der Waals surface area contributed by atoms with E-state index in [2.05, 4.69) is 10.6 Å². The van der Waals surface area contributed by atoms with Gasteiger partial charge in [0.25, 0.3) is 0 Å². The lowest BCUT2D eigenvalue weighted by molar-refractivity contribution is 0.192. The topological polar surface area (TPSA) is 58.5 Å². The van der Waals surface area contributed by atoms with Crippen molar-refractivity contribution in [1.29, 1.82) is 0 Å². The van der Waals surface area contributed by atoms with Gasteiger partial charge in [0.05, 0.1) is 24.4 Å². The Labute approximate surface area is 185 Å². The van der Waals surface area contributed by atoms with Crippen molar-refractivity contribution >= 4 is 28.5 Å². The Balaban J connectivity index is 1.49. The highest BCUT2D eigenvalue weighted by atomic mass is 35.5. The fraction of sp³-hybridized carbons (Fsp3) is 0.348. The van der Waals surface area contributed by atoms with Gasteiger partial charge < -0.3 is 24.8 Å². The van der Waals surface area contributed by atoms with E-state index < -0.39 is 0 Å². The normalized spacial score (nSPS) is 16.2. The average molecular weight is 445 g/mol. The summed E-state index contributed by atoms with van der Waals surface area (Å²) >= 11 is 6.23. The Morgan fingerprint density at radius 1 is 1.26 bits per heavy atom. The molecule has 1 aromatic heterocycles. The minimum absolute atomic E-state index is 0.0254. The molecule has 0 aliphatic carbocycles. The molecule has 0 bridgehead atoms. The van der Waals surface area contributed by atoms with E-state index in [0.29, 0.717) is 36.9 Å². The average Bonchev–Trinajstić information content (AvgIpc) is 3.29. The Kier molecular flexibility index (Phi) is 6.63. The Bertz CT molecular complexity index is 1050. The van der Waals surface area contributed by atoms with Crippen molar-refractivity contribution in [2.45, 2.75) is 19.4 Å². The number of hydrogen-bond acceptors (Lipinski definition) is 3. The molecule has 0 spiro atoms. The molecule has 1 atom stereocenters. The number of halogens is 2. The standard InChI is InChI=1S/C23H26ClFN4O2/c1-2-26-10-11-28-19(14-27-23(28)30)9-12-31-22-15-29(18-6-4-17(25)5-7-18)21-8-3-16(24)13-20(21)22/h3-8,13,15,19,26H,2,9-12,14H2,1H3,(H,27,30). The molecule has 8 heteroatoms. The molecule has 1 saturated heterocycles. The third kappa shape index (κ3) is 4.78. The SMILES string of the molecule is CCNCCN1C(=O)NCC1CCOc1cn(-c2ccc(F)cc2)c2ccc(Cl)cc12. The lowest BCUT2D eigenvalue weighted by atomic mass is 10.2. The molecule has 0 saturated carbocycles. The minimum Gasteiger partial charge on any atom is -0.491 e. The van der Waals surface area contributed by atoms with Crippen LogP contribution in [-0.4, -0.2) is 54.3 Å². The van der Waals surface area contributed by atoms with Crippen LogP contribution < -0.4 is 15.4 Å². The number of urea groups is 1. The predicted molar refractivity (Wildman–Crippen MR) is 121 cm³/mol. The maximum absolute atomic E-state index is 13.4. The molecule has 164 valence electrons. The fourth-order valence-corrected chi connectivity index (χ4v) is 4.08. The van der Waals surface area contributed by atoms with Crippen LogP contribution in [0.25, 0.3) is 16.6 Å². The maximum Gasteiger partial charge on any atom is 0.317 e. The highest BCUT2D eigenvalue weighted by molar-refractivity contribution is 6.31. The summed E-state index contributed by atoms with van der Waals surface area (Å²) in [7, 11) is 0. The number of benzene rings is 2. The second-order valence-corrected chi connectivity index (χ2v) is 7.96. The van der Waals surface area contributed by atoms with Crippen LogP contribution in [0.3, 0.4) is 0 Å². The van der Waals surface area contributed by atoms with Gasteiger partial charge in [0, 0.05) is 42.2 Å². The summed E-state index contributed by atoms with van der Waals surface area (Å²) in [6.07, 6.45) is 2.61. The molecule has 4 rings (SSSR count). The van der Waals surface area contributed by atoms with Gasteiger partial charge in [-0.25, -0.2) is 9.18 Å². The van der Waals surface area contributed by atoms with Crippen molar-refractivity contribution in [2.75, 3.05) is 32.8 Å². The molecule has 2 heterocycles. The quantitative estimate of drug-likeness (QED) is 0.486. The van der Waals surface area contributed by atoms with Crippen molar-refractivity contribution in [3.8, 4) is 11.4 Å². The summed E-state index contributed by atoms with van der Waals surface area (Å²) in [6, 6.07) is 12.0. The zero-order chi connectivity index (χ0) is 21.8. The minimum atomic E-state index is -0.279. The molecule has 2 N–H and O–H groups in total. The third-order valence-electron chi connectivity index (χ3n) is 5.51. The summed E-state index contributed by atoms with van der Waals surface area (Å²) in [6.45, 7) is 5.45. The summed E-state index contributed by atoms with van der Waals surface area (Å²) in [5.41, 5.74) is 1.76. The second kappa shape index (κ2) is 9.58. The zero-order valence-corrected chi connectivity index (χ0v) is 18.2. The highest BCUT2D eigenvalue weighted by Gasteiger charge is 2.29. The number of nitrogens with one attached hydrogen (secondary N) is 2. The van der Waals surface area contributed by atoms with E-state index in [-0.39, 0.29) is 17.9 Å². The number of hydrogen-bond donors (Lipinski definition) is 2. The number of likely N-dealkylation sites (N-methyl/N-ethyl adjacent to an activating group) is 1. The molecule has 6 nitrogen and oxygen atoms in total. The molecule has 2 aromatic carbocycles. The number of nitrogens with zero attached hydrogens (tertiary/aromatic N) is 2. The molecular weight excluding hydrogens is 419 g/mol. The summed E-state index contributed by atoms with van der Waals surface area (Å²) in [5.74, 6) is 0.427. The number of carbonyl (C=O) groups is 1. The van der Waals surface area contributed by atoms with Crippen LogP contribution in [0, 0.1) is 5.82 Å². The van der Waals surface area contributed by atoms with Crippen LogP contribution in [0.1, 0.15) is 13.3 Å². The van der Waals surface area contributed by atoms with E-state index in [1.165, 1.54) is 12.1 Å². The van der Waals surface area contributed by atoms with Crippen molar-refractivity contribution in [1.82, 2.24) is 20.1 Å². The molecular formula is C23H26ClFN4O2. The van der Waals surface area contributed by atoms with Crippen LogP contribution in [0.5, 0.6) is 5.75 Å². The molecule has 1 aliphatic heterocycles. The highest BCUT2D eigenvalue weighted by Crippen LogP contribution is 2.33. The lowest BCUT2D eigenvalue weighted by Crippen LogP contribution is -2.39. The Hall–Kier alpha value is -2.77. The van der Waals surface area contributed by atoms with Gasteiger partial charge in [0.2, 0.25) is 0 Å². The first-order valence-electron chi connectivity index (χ1n) is 10.5. The van der Waals surface area contributed by atoms with Crippen molar-refractivity contribution in [2.24, 2.45) is 0 Å². The molecule has 3 aromatic rings. The summed E-state index contributed by atoms with van der Waals surface area (Å²) in [4.78, 5) is 14.0. The fourth-order valence-electron chi connectivity index (χ4n) is 3.91. The van der Waals surface area contributed by atoms with E-state index in [9.17, 15) is 9.18 Å². The monoisotopic (exact) mass is 444 g/mol. The number of amides is 2. The molecule has 1 aliphatic rings. The van der Waals surface area contributed by atoms with E-state index in [1.807, 2.05) is 40.8 Å². The van der Waals surface area contributed by atoms with Crippen LogP contribution in [0.15, 0.2) is 48.7 Å². The van der Waals surface area contributed by atoms with Gasteiger partial charge in [-0.05, 0) is 49.0 Å². The largest absolute Gasteiger partial charge is 0.491 e. The smallest absolute Gasteiger partial charge is 0.317 e. The van der Waals surface area contributed by atoms with Crippen LogP contribution in [-0.2, 0) is 0 Å². The number of rotatable bonds is 9. The number of ether oxygens (including phenoxy) is 1. The Morgan fingerprint density at radius 2 is 2.06 bits per heavy atom. The maximum atomic E-state index is 13.4. The number of fused-ring (bicyclic) bond motifs is 1. The number of carbonyl (C=O) groups excluding carboxylic acids is 1. The first kappa shape index (κ1) is 21.5. The van der Waals surface area contributed by atoms with Crippen LogP contribution >= 0.6 is 11.6 Å². The van der Waals surface area contributed by atoms with E-state index in [1.54, 1.807) is 12.1 Å². The van der Waals surface area contributed by atoms with Gasteiger partial charge in [0.15, 0.2) is 0 Å². The zero-order valence-electron chi connectivity index (χ0n) is 17.4. The predicted octanol–water partition coefficient (Wildman–Crippen LogP) is 4.20. The van der Waals surface area contributed by atoms with Crippen molar-refractivity contribution < 1.29 is 13.9 Å². The first-order chi connectivity index (χ1) is 15.1.